The number of nitrogens with zero attached hydrogens (tertiary/aromatic N) is 1. The summed E-state index contributed by atoms with van der Waals surface area (Å²) in [6, 6.07) is 11.7. The molecule has 1 amide bonds. The number of carbonyl (C=O) groups excluding carboxylic acids is 1. The summed E-state index contributed by atoms with van der Waals surface area (Å²) in [6.07, 6.45) is 4.17. The fourth-order valence-electron chi connectivity index (χ4n) is 5.78. The van der Waals surface area contributed by atoms with Gasteiger partial charge in [0.25, 0.3) is 5.91 Å². The van der Waals surface area contributed by atoms with E-state index in [2.05, 4.69) is 15.5 Å². The molecule has 31 heavy (non-hydrogen) atoms. The summed E-state index contributed by atoms with van der Waals surface area (Å²) in [5.74, 6) is -0.208. The van der Waals surface area contributed by atoms with Crippen LogP contribution in [0.5, 0.6) is 11.5 Å². The number of hydrogen-bond donors (Lipinski definition) is 4. The Kier molecular flexibility index (Phi) is 5.36. The van der Waals surface area contributed by atoms with Crippen LogP contribution in [0.15, 0.2) is 36.4 Å². The highest BCUT2D eigenvalue weighted by molar-refractivity contribution is 6.00. The molecule has 3 aliphatic rings. The largest absolute Gasteiger partial charge is 0.504 e. The molecule has 2 aromatic carbocycles. The van der Waals surface area contributed by atoms with Crippen LogP contribution in [-0.2, 0) is 6.42 Å². The fourth-order valence-corrected chi connectivity index (χ4v) is 5.78. The SMILES string of the molecule is CC(NC(=O)c1c(O)c(O)cc2c1[C@H]1C[C@H]3NCCC[C@H]3CN1CC2)c1ccccc1. The van der Waals surface area contributed by atoms with Crippen molar-refractivity contribution in [3.63, 3.8) is 0 Å². The Balaban J connectivity index is 1.50. The first-order valence-electron chi connectivity index (χ1n) is 11.4. The topological polar surface area (TPSA) is 84.8 Å². The predicted octanol–water partition coefficient (Wildman–Crippen LogP) is 3.26. The first-order chi connectivity index (χ1) is 15.0. The second-order valence-electron chi connectivity index (χ2n) is 9.26. The molecule has 0 spiro atoms. The number of hydrogen-bond acceptors (Lipinski definition) is 5. The highest BCUT2D eigenvalue weighted by Crippen LogP contribution is 2.46. The quantitative estimate of drug-likeness (QED) is 0.572. The zero-order valence-electron chi connectivity index (χ0n) is 18.0. The van der Waals surface area contributed by atoms with Crippen molar-refractivity contribution < 1.29 is 15.0 Å². The monoisotopic (exact) mass is 421 g/mol. The maximum atomic E-state index is 13.4. The van der Waals surface area contributed by atoms with E-state index in [0.29, 0.717) is 12.0 Å². The number of aromatic hydroxyl groups is 2. The van der Waals surface area contributed by atoms with E-state index in [0.717, 1.165) is 49.2 Å². The Morgan fingerprint density at radius 1 is 1.26 bits per heavy atom. The van der Waals surface area contributed by atoms with Crippen molar-refractivity contribution in [1.82, 2.24) is 15.5 Å². The summed E-state index contributed by atoms with van der Waals surface area (Å²) < 4.78 is 0. The second-order valence-corrected chi connectivity index (χ2v) is 9.26. The molecule has 5 rings (SSSR count). The lowest BCUT2D eigenvalue weighted by Crippen LogP contribution is -2.55. The van der Waals surface area contributed by atoms with Gasteiger partial charge in [-0.3, -0.25) is 9.69 Å². The first kappa shape index (κ1) is 20.3. The third kappa shape index (κ3) is 3.68. The molecule has 6 heteroatoms. The minimum Gasteiger partial charge on any atom is -0.504 e. The summed E-state index contributed by atoms with van der Waals surface area (Å²) in [7, 11) is 0. The van der Waals surface area contributed by atoms with E-state index in [1.807, 2.05) is 37.3 Å². The van der Waals surface area contributed by atoms with E-state index < -0.39 is 0 Å². The number of fused-ring (bicyclic) bond motifs is 4. The zero-order chi connectivity index (χ0) is 21.5. The lowest BCUT2D eigenvalue weighted by Gasteiger charge is -2.49. The first-order valence-corrected chi connectivity index (χ1v) is 11.4. The van der Waals surface area contributed by atoms with E-state index >= 15 is 0 Å². The molecule has 2 saturated heterocycles. The molecule has 4 N–H and O–H groups in total. The maximum absolute atomic E-state index is 13.4. The van der Waals surface area contributed by atoms with Crippen LogP contribution >= 0.6 is 0 Å². The minimum absolute atomic E-state index is 0.0786. The van der Waals surface area contributed by atoms with E-state index in [9.17, 15) is 15.0 Å². The summed E-state index contributed by atoms with van der Waals surface area (Å²) in [6.45, 7) is 4.92. The van der Waals surface area contributed by atoms with Crippen molar-refractivity contribution in [2.45, 2.75) is 50.7 Å². The van der Waals surface area contributed by atoms with Crippen molar-refractivity contribution in [2.24, 2.45) is 5.92 Å². The van der Waals surface area contributed by atoms with Gasteiger partial charge < -0.3 is 20.8 Å². The molecule has 164 valence electrons. The summed E-state index contributed by atoms with van der Waals surface area (Å²) in [4.78, 5) is 15.9. The molecule has 3 heterocycles. The second kappa shape index (κ2) is 8.17. The van der Waals surface area contributed by atoms with Crippen molar-refractivity contribution in [3.05, 3.63) is 58.7 Å². The van der Waals surface area contributed by atoms with Gasteiger partial charge in [0.05, 0.1) is 11.6 Å². The Morgan fingerprint density at radius 2 is 2.06 bits per heavy atom. The molecule has 2 fully saturated rings. The van der Waals surface area contributed by atoms with Gasteiger partial charge in [0.15, 0.2) is 11.5 Å². The maximum Gasteiger partial charge on any atom is 0.256 e. The third-order valence-corrected chi connectivity index (χ3v) is 7.40. The summed E-state index contributed by atoms with van der Waals surface area (Å²) >= 11 is 0. The number of amides is 1. The van der Waals surface area contributed by atoms with Gasteiger partial charge in [0.1, 0.15) is 0 Å². The molecule has 0 radical (unpaired) electrons. The van der Waals surface area contributed by atoms with Gasteiger partial charge in [0, 0.05) is 25.2 Å². The molecular weight excluding hydrogens is 390 g/mol. The van der Waals surface area contributed by atoms with Crippen LogP contribution in [0.4, 0.5) is 0 Å². The lowest BCUT2D eigenvalue weighted by molar-refractivity contribution is 0.0540. The Bertz CT molecular complexity index is 978. The van der Waals surface area contributed by atoms with Gasteiger partial charge in [-0.1, -0.05) is 30.3 Å². The Hall–Kier alpha value is -2.57. The van der Waals surface area contributed by atoms with E-state index in [4.69, 9.17) is 0 Å². The van der Waals surface area contributed by atoms with Crippen LogP contribution in [0, 0.1) is 5.92 Å². The van der Waals surface area contributed by atoms with E-state index in [1.165, 1.54) is 12.8 Å². The van der Waals surface area contributed by atoms with Gasteiger partial charge in [-0.15, -0.1) is 0 Å². The summed E-state index contributed by atoms with van der Waals surface area (Å²) in [5.41, 5.74) is 3.10. The third-order valence-electron chi connectivity index (χ3n) is 7.40. The van der Waals surface area contributed by atoms with Crippen LogP contribution in [0.1, 0.15) is 65.3 Å². The van der Waals surface area contributed by atoms with Crippen molar-refractivity contribution >= 4 is 5.91 Å². The van der Waals surface area contributed by atoms with Crippen molar-refractivity contribution in [3.8, 4) is 11.5 Å². The molecule has 0 saturated carbocycles. The number of benzene rings is 2. The van der Waals surface area contributed by atoms with E-state index in [1.54, 1.807) is 6.07 Å². The number of phenolic OH excluding ortho intramolecular Hbond substituents is 2. The minimum atomic E-state index is -0.332. The smallest absolute Gasteiger partial charge is 0.256 e. The van der Waals surface area contributed by atoms with Gasteiger partial charge >= 0.3 is 0 Å². The zero-order valence-corrected chi connectivity index (χ0v) is 18.0. The highest BCUT2D eigenvalue weighted by atomic mass is 16.3. The van der Waals surface area contributed by atoms with Crippen LogP contribution < -0.4 is 10.6 Å². The average molecular weight is 422 g/mol. The predicted molar refractivity (Wildman–Crippen MR) is 119 cm³/mol. The number of rotatable bonds is 3. The summed E-state index contributed by atoms with van der Waals surface area (Å²) in [5, 5.41) is 27.9. The molecule has 1 unspecified atom stereocenters. The molecule has 4 atom stereocenters. The van der Waals surface area contributed by atoms with Gasteiger partial charge in [-0.2, -0.15) is 0 Å². The van der Waals surface area contributed by atoms with Crippen LogP contribution in [0.25, 0.3) is 0 Å². The number of piperidine rings is 2. The fraction of sp³-hybridized carbons (Fsp3) is 0.480. The molecule has 6 nitrogen and oxygen atoms in total. The van der Waals surface area contributed by atoms with E-state index in [-0.39, 0.29) is 35.1 Å². The number of carbonyl (C=O) groups is 1. The highest BCUT2D eigenvalue weighted by Gasteiger charge is 2.42. The van der Waals surface area contributed by atoms with Crippen LogP contribution in [0.2, 0.25) is 0 Å². The number of nitrogens with one attached hydrogen (secondary N) is 2. The van der Waals surface area contributed by atoms with Gasteiger partial charge in [-0.05, 0) is 67.8 Å². The molecule has 0 aliphatic carbocycles. The Morgan fingerprint density at radius 3 is 2.87 bits per heavy atom. The Labute approximate surface area is 183 Å². The molecular formula is C25H31N3O3. The molecule has 2 aromatic rings. The standard InChI is InChI=1S/C25H31N3O3/c1-15(16-6-3-2-4-7-16)27-25(31)23-22-17(12-21(29)24(23)30)9-11-28-14-18-8-5-10-26-19(18)13-20(22)28/h2-4,6-7,12,15,18-20,26,29-30H,5,8-11,13-14H2,1H3,(H,27,31)/t15?,18-,19+,20+/m0/s1. The van der Waals surface area contributed by atoms with Gasteiger partial charge in [0.2, 0.25) is 0 Å². The van der Waals surface area contributed by atoms with Crippen molar-refractivity contribution in [1.29, 1.82) is 0 Å². The number of phenols is 2. The van der Waals surface area contributed by atoms with Crippen LogP contribution in [-0.4, -0.2) is 46.7 Å². The van der Waals surface area contributed by atoms with Gasteiger partial charge in [-0.25, -0.2) is 0 Å². The molecule has 0 aromatic heterocycles. The molecule has 3 aliphatic heterocycles. The van der Waals surface area contributed by atoms with Crippen molar-refractivity contribution in [2.75, 3.05) is 19.6 Å². The van der Waals surface area contributed by atoms with Crippen LogP contribution in [0.3, 0.4) is 0 Å². The normalized spacial score (nSPS) is 26.3. The molecule has 0 bridgehead atoms. The lowest BCUT2D eigenvalue weighted by atomic mass is 9.76. The average Bonchev–Trinajstić information content (AvgIpc) is 2.79.